The fourth-order valence-electron chi connectivity index (χ4n) is 11.4. The number of aliphatic hydroxyl groups is 2. The van der Waals surface area contributed by atoms with Gasteiger partial charge in [0.1, 0.15) is 29.8 Å². The average Bonchev–Trinajstić information content (AvgIpc) is 3.78. The molecule has 1 aliphatic heterocycles. The van der Waals surface area contributed by atoms with E-state index in [-0.39, 0.29) is 61.7 Å². The minimum atomic E-state index is -1.74. The largest absolute Gasteiger partial charge is 0.504 e. The fraction of sp³-hybridized carbons (Fsp3) is 0.739. The van der Waals surface area contributed by atoms with E-state index in [9.17, 15) is 48.6 Å². The fourth-order valence-corrected chi connectivity index (χ4v) is 11.4. The third-order valence-electron chi connectivity index (χ3n) is 14.3. The maximum Gasteiger partial charge on any atom is 0.408 e. The normalized spacial score (nSPS) is 32.7. The zero-order chi connectivity index (χ0) is 47.1. The van der Waals surface area contributed by atoms with Gasteiger partial charge < -0.3 is 45.3 Å². The zero-order valence-corrected chi connectivity index (χ0v) is 38.6. The molecule has 12 atom stereocenters. The molecule has 0 bridgehead atoms. The summed E-state index contributed by atoms with van der Waals surface area (Å²) in [5, 5.41) is 30.3. The Balaban J connectivity index is 1.27. The van der Waals surface area contributed by atoms with Gasteiger partial charge in [0, 0.05) is 29.7 Å². The van der Waals surface area contributed by atoms with E-state index in [1.807, 2.05) is 20.8 Å². The number of aliphatic hydroxyl groups excluding tert-OH is 2. The molecule has 5 N–H and O–H groups in total. The average molecular weight is 885 g/mol. The molecule has 5 rings (SSSR count). The number of carbonyl (C=O) groups excluding carboxylic acids is 8. The number of esters is 2. The van der Waals surface area contributed by atoms with Crippen LogP contribution in [-0.2, 0) is 47.8 Å². The Bertz CT molecular complexity index is 1940. The first kappa shape index (κ1) is 49.2. The molecule has 17 nitrogen and oxygen atoms in total. The predicted molar refractivity (Wildman–Crippen MR) is 227 cm³/mol. The number of likely N-dealkylation sites (tertiary alicyclic amines) is 1. The number of ether oxygens (including phenoxy) is 3. The summed E-state index contributed by atoms with van der Waals surface area (Å²) < 4.78 is 17.0. The lowest BCUT2D eigenvalue weighted by atomic mass is 9.44. The summed E-state index contributed by atoms with van der Waals surface area (Å²) in [6.45, 7) is 18.2. The number of nitrogens with zero attached hydrogens (tertiary/aromatic N) is 1. The van der Waals surface area contributed by atoms with Crippen molar-refractivity contribution < 1.29 is 62.8 Å². The molecule has 0 spiro atoms. The quantitative estimate of drug-likeness (QED) is 0.131. The van der Waals surface area contributed by atoms with E-state index in [0.717, 1.165) is 5.57 Å². The van der Waals surface area contributed by atoms with Crippen LogP contribution in [0.25, 0.3) is 0 Å². The van der Waals surface area contributed by atoms with Crippen LogP contribution in [0.5, 0.6) is 0 Å². The van der Waals surface area contributed by atoms with Gasteiger partial charge in [-0.2, -0.15) is 0 Å². The lowest BCUT2D eigenvalue weighted by Gasteiger charge is -2.61. The molecule has 350 valence electrons. The number of hydrogen-bond acceptors (Lipinski definition) is 13. The molecule has 1 saturated heterocycles. The van der Waals surface area contributed by atoms with Crippen LogP contribution in [0.1, 0.15) is 121 Å². The van der Waals surface area contributed by atoms with Gasteiger partial charge in [-0.3, -0.25) is 28.8 Å². The third-order valence-corrected chi connectivity index (χ3v) is 14.3. The number of hydrogen-bond donors (Lipinski definition) is 5. The molecule has 4 aliphatic carbocycles. The Morgan fingerprint density at radius 1 is 0.984 bits per heavy atom. The Hall–Kier alpha value is -4.80. The number of carbonyl (C=O) groups is 8. The van der Waals surface area contributed by atoms with Gasteiger partial charge in [0.2, 0.25) is 29.3 Å². The van der Waals surface area contributed by atoms with Crippen LogP contribution in [0.3, 0.4) is 0 Å². The maximum atomic E-state index is 14.6. The summed E-state index contributed by atoms with van der Waals surface area (Å²) in [5.74, 6) is -6.15. The van der Waals surface area contributed by atoms with Crippen LogP contribution in [-0.4, -0.2) is 117 Å². The van der Waals surface area contributed by atoms with E-state index in [1.165, 1.54) is 24.8 Å². The predicted octanol–water partition coefficient (Wildman–Crippen LogP) is 3.75. The molecule has 3 saturated carbocycles. The lowest BCUT2D eigenvalue weighted by Crippen LogP contribution is -2.63. The van der Waals surface area contributed by atoms with Crippen molar-refractivity contribution in [3.05, 3.63) is 23.5 Å². The Morgan fingerprint density at radius 2 is 1.65 bits per heavy atom. The van der Waals surface area contributed by atoms with E-state index in [0.29, 0.717) is 19.3 Å². The highest BCUT2D eigenvalue weighted by Crippen LogP contribution is 2.68. The van der Waals surface area contributed by atoms with Gasteiger partial charge in [0.05, 0.1) is 6.10 Å². The van der Waals surface area contributed by atoms with Crippen LogP contribution in [0.15, 0.2) is 23.5 Å². The van der Waals surface area contributed by atoms with E-state index < -0.39 is 112 Å². The molecule has 4 amide bonds. The van der Waals surface area contributed by atoms with E-state index in [1.54, 1.807) is 47.6 Å². The van der Waals surface area contributed by atoms with Crippen molar-refractivity contribution >= 4 is 47.3 Å². The number of Topliss-reactive ketones (excluding diaryl/α,β-unsaturated/α-hetero) is 1. The molecule has 63 heavy (non-hydrogen) atoms. The molecule has 4 fully saturated rings. The molecule has 0 aromatic carbocycles. The topological polar surface area (TPSA) is 244 Å². The molecule has 0 aromatic heterocycles. The highest BCUT2D eigenvalue weighted by Gasteiger charge is 2.71. The van der Waals surface area contributed by atoms with Crippen molar-refractivity contribution in [2.45, 2.75) is 163 Å². The molecule has 1 heterocycles. The number of alkyl carbamates (subject to hydrolysis) is 1. The molecule has 3 unspecified atom stereocenters. The first-order valence-corrected chi connectivity index (χ1v) is 22.4. The van der Waals surface area contributed by atoms with Gasteiger partial charge in [-0.1, -0.05) is 47.1 Å². The van der Waals surface area contributed by atoms with Gasteiger partial charge in [-0.05, 0) is 109 Å². The molecule has 17 heteroatoms. The molecular weight excluding hydrogens is 817 g/mol. The van der Waals surface area contributed by atoms with Gasteiger partial charge in [-0.15, -0.1) is 0 Å². The van der Waals surface area contributed by atoms with Crippen molar-refractivity contribution in [3.8, 4) is 0 Å². The summed E-state index contributed by atoms with van der Waals surface area (Å²) in [4.78, 5) is 108. The zero-order valence-electron chi connectivity index (χ0n) is 38.6. The SMILES string of the molecule is CCC(=O)O[C@]1(C(=O)COC(=O)[C@@H](NC(=O)[C@@H]2CCCN2C(=O)[C@H](C)NC(=O)[C@H](C)NC(=O)OC(C)(C)C)C(C)C)CCC2C3C[C@H](C)C4=CC(=O)C(O)=C[C@]4(C)C3[C@@H](O)C[C@@]21C. The van der Waals surface area contributed by atoms with Gasteiger partial charge in [-0.25, -0.2) is 9.59 Å². The standard InChI is InChI=1S/C46H68N4O13/c1-12-35(55)62-46(16-15-28-27-18-24(4)29-19-31(51)32(52)20-44(29,10)36(27)33(53)21-45(28,46)11)34(54)22-61-41(59)37(23(2)3)49-39(57)30-14-13-17-50(30)40(58)26(6)47-38(56)25(5)48-42(60)63-43(7,8)9/h19-20,23-28,30,33,36-37,52-53H,12-18,21-22H2,1-11H3,(H,47,56)(H,48,60)(H,49,57)/t24-,25-,26-,27?,28?,30-,33-,36?,37-,44-,45-,46-/m0/s1. The smallest absolute Gasteiger partial charge is 0.408 e. The summed E-state index contributed by atoms with van der Waals surface area (Å²) in [6.07, 6.45) is 3.26. The summed E-state index contributed by atoms with van der Waals surface area (Å²) in [6, 6.07) is -4.28. The molecule has 0 radical (unpaired) electrons. The number of amides is 4. The number of nitrogens with one attached hydrogen (secondary N) is 3. The van der Waals surface area contributed by atoms with Gasteiger partial charge in [0.15, 0.2) is 18.0 Å². The van der Waals surface area contributed by atoms with Gasteiger partial charge >= 0.3 is 18.0 Å². The first-order valence-electron chi connectivity index (χ1n) is 22.4. The number of ketones is 2. The Kier molecular flexibility index (Phi) is 14.3. The highest BCUT2D eigenvalue weighted by atomic mass is 16.6. The van der Waals surface area contributed by atoms with Crippen LogP contribution in [0.4, 0.5) is 4.79 Å². The number of allylic oxidation sites excluding steroid dienone is 3. The lowest BCUT2D eigenvalue weighted by molar-refractivity contribution is -0.202. The van der Waals surface area contributed by atoms with E-state index in [2.05, 4.69) is 16.0 Å². The Morgan fingerprint density at radius 3 is 2.27 bits per heavy atom. The van der Waals surface area contributed by atoms with Crippen LogP contribution in [0.2, 0.25) is 0 Å². The highest BCUT2D eigenvalue weighted by molar-refractivity contribution is 6.04. The molecule has 5 aliphatic rings. The second-order valence-corrected chi connectivity index (χ2v) is 20.1. The summed E-state index contributed by atoms with van der Waals surface area (Å²) in [5.41, 5.74) is -3.56. The third kappa shape index (κ3) is 9.54. The molecular formula is C46H68N4O13. The minimum absolute atomic E-state index is 0.0246. The minimum Gasteiger partial charge on any atom is -0.504 e. The molecule has 0 aromatic rings. The van der Waals surface area contributed by atoms with Crippen molar-refractivity contribution in [2.24, 2.45) is 40.4 Å². The first-order chi connectivity index (χ1) is 29.2. The second-order valence-electron chi connectivity index (χ2n) is 20.1. The number of rotatable bonds is 13. The second kappa shape index (κ2) is 18.4. The number of fused-ring (bicyclic) bond motifs is 5. The van der Waals surface area contributed by atoms with Crippen LogP contribution in [0, 0.1) is 40.4 Å². The summed E-state index contributed by atoms with van der Waals surface area (Å²) in [7, 11) is 0. The van der Waals surface area contributed by atoms with Crippen molar-refractivity contribution in [2.75, 3.05) is 13.2 Å². The van der Waals surface area contributed by atoms with Gasteiger partial charge in [0.25, 0.3) is 0 Å². The Labute approximate surface area is 369 Å². The van der Waals surface area contributed by atoms with E-state index in [4.69, 9.17) is 14.2 Å². The van der Waals surface area contributed by atoms with Crippen molar-refractivity contribution in [1.29, 1.82) is 0 Å². The monoisotopic (exact) mass is 884 g/mol. The van der Waals surface area contributed by atoms with Crippen molar-refractivity contribution in [3.63, 3.8) is 0 Å². The summed E-state index contributed by atoms with van der Waals surface area (Å²) >= 11 is 0. The van der Waals surface area contributed by atoms with Crippen molar-refractivity contribution in [1.82, 2.24) is 20.9 Å². The van der Waals surface area contributed by atoms with E-state index >= 15 is 0 Å². The van der Waals surface area contributed by atoms with Crippen LogP contribution < -0.4 is 16.0 Å². The maximum absolute atomic E-state index is 14.6. The van der Waals surface area contributed by atoms with Crippen LogP contribution >= 0.6 is 0 Å².